The number of para-hydroxylation sites is 1. The Hall–Kier alpha value is -2.04. The van der Waals surface area contributed by atoms with Crippen molar-refractivity contribution >= 4 is 11.8 Å². The maximum atomic E-state index is 12.1. The van der Waals surface area contributed by atoms with Crippen molar-refractivity contribution in [1.82, 2.24) is 10.2 Å². The molecule has 96 valence electrons. The van der Waals surface area contributed by atoms with Crippen LogP contribution in [0.2, 0.25) is 0 Å². The number of nitrogens with one attached hydrogen (secondary N) is 1. The number of hydrogen-bond donors (Lipinski definition) is 2. The van der Waals surface area contributed by atoms with E-state index in [1.54, 1.807) is 24.3 Å². The second kappa shape index (κ2) is 5.53. The number of carbonyl (C=O) groups is 2. The lowest BCUT2D eigenvalue weighted by Gasteiger charge is -2.19. The van der Waals surface area contributed by atoms with E-state index in [1.807, 2.05) is 0 Å². The van der Waals surface area contributed by atoms with Gasteiger partial charge in [-0.3, -0.25) is 9.59 Å². The molecule has 18 heavy (non-hydrogen) atoms. The molecule has 0 unspecified atom stereocenters. The molecule has 1 heterocycles. The summed E-state index contributed by atoms with van der Waals surface area (Å²) in [6.45, 7) is 1.29. The average molecular weight is 248 g/mol. The predicted molar refractivity (Wildman–Crippen MR) is 66.0 cm³/mol. The van der Waals surface area contributed by atoms with E-state index in [0.29, 0.717) is 18.7 Å². The number of hydrogen-bond acceptors (Lipinski definition) is 3. The van der Waals surface area contributed by atoms with Crippen LogP contribution in [0, 0.1) is 0 Å². The summed E-state index contributed by atoms with van der Waals surface area (Å²) in [5.41, 5.74) is 0.590. The summed E-state index contributed by atoms with van der Waals surface area (Å²) >= 11 is 0. The molecule has 0 saturated carbocycles. The van der Waals surface area contributed by atoms with Gasteiger partial charge in [0.25, 0.3) is 0 Å². The Morgan fingerprint density at radius 2 is 2.17 bits per heavy atom. The molecule has 1 aliphatic heterocycles. The first-order valence-electron chi connectivity index (χ1n) is 5.98. The summed E-state index contributed by atoms with van der Waals surface area (Å²) in [5.74, 6) is -0.142. The highest BCUT2D eigenvalue weighted by atomic mass is 16.3. The Balaban J connectivity index is 2.03. The van der Waals surface area contributed by atoms with E-state index in [4.69, 9.17) is 0 Å². The first kappa shape index (κ1) is 12.4. The molecule has 2 amide bonds. The lowest BCUT2D eigenvalue weighted by Crippen LogP contribution is -2.38. The third kappa shape index (κ3) is 3.00. The van der Waals surface area contributed by atoms with Crippen molar-refractivity contribution in [2.45, 2.75) is 12.8 Å². The Kier molecular flexibility index (Phi) is 3.82. The van der Waals surface area contributed by atoms with Crippen LogP contribution in [0.3, 0.4) is 0 Å². The minimum absolute atomic E-state index is 0.104. The van der Waals surface area contributed by atoms with Crippen molar-refractivity contribution in [3.05, 3.63) is 29.8 Å². The molecule has 0 aliphatic carbocycles. The third-order valence-corrected chi connectivity index (χ3v) is 2.95. The van der Waals surface area contributed by atoms with E-state index in [-0.39, 0.29) is 30.5 Å². The van der Waals surface area contributed by atoms with Crippen molar-refractivity contribution < 1.29 is 14.7 Å². The van der Waals surface area contributed by atoms with Gasteiger partial charge in [-0.15, -0.1) is 0 Å². The van der Waals surface area contributed by atoms with E-state index in [2.05, 4.69) is 5.32 Å². The molecule has 2 rings (SSSR count). The van der Waals surface area contributed by atoms with Crippen LogP contribution in [-0.4, -0.2) is 41.5 Å². The van der Waals surface area contributed by atoms with E-state index in [9.17, 15) is 14.7 Å². The van der Waals surface area contributed by atoms with Gasteiger partial charge >= 0.3 is 0 Å². The summed E-state index contributed by atoms with van der Waals surface area (Å²) in [7, 11) is 0. The molecule has 1 aliphatic rings. The van der Waals surface area contributed by atoms with Gasteiger partial charge < -0.3 is 15.3 Å². The van der Waals surface area contributed by atoms with Gasteiger partial charge in [-0.25, -0.2) is 0 Å². The van der Waals surface area contributed by atoms with Gasteiger partial charge in [0.1, 0.15) is 5.75 Å². The highest BCUT2D eigenvalue weighted by molar-refractivity contribution is 5.86. The van der Waals surface area contributed by atoms with Gasteiger partial charge in [0, 0.05) is 18.7 Å². The molecular weight excluding hydrogens is 232 g/mol. The average Bonchev–Trinajstić information content (AvgIpc) is 2.57. The fraction of sp³-hybridized carbons (Fsp3) is 0.385. The Morgan fingerprint density at radius 3 is 2.94 bits per heavy atom. The largest absolute Gasteiger partial charge is 0.508 e. The zero-order valence-corrected chi connectivity index (χ0v) is 10.1. The van der Waals surface area contributed by atoms with Gasteiger partial charge in [-0.2, -0.15) is 0 Å². The summed E-state index contributed by atoms with van der Waals surface area (Å²) < 4.78 is 0. The summed E-state index contributed by atoms with van der Waals surface area (Å²) in [4.78, 5) is 25.0. The Labute approximate surface area is 105 Å². The molecule has 1 saturated heterocycles. The van der Waals surface area contributed by atoms with Crippen LogP contribution in [0.15, 0.2) is 24.3 Å². The van der Waals surface area contributed by atoms with Crippen LogP contribution >= 0.6 is 0 Å². The van der Waals surface area contributed by atoms with Gasteiger partial charge in [0.05, 0.1) is 13.0 Å². The minimum atomic E-state index is -0.131. The molecule has 1 aromatic rings. The molecular formula is C13H16N2O3. The smallest absolute Gasteiger partial charge is 0.239 e. The summed E-state index contributed by atoms with van der Waals surface area (Å²) in [5, 5.41) is 12.3. The van der Waals surface area contributed by atoms with Crippen LogP contribution in [0.25, 0.3) is 0 Å². The molecule has 1 aromatic carbocycles. The Morgan fingerprint density at radius 1 is 1.39 bits per heavy atom. The number of rotatable bonds is 2. The van der Waals surface area contributed by atoms with E-state index >= 15 is 0 Å². The SMILES string of the molecule is O=C1CN(C(=O)Cc2ccccc2O)CCCN1. The first-order valence-corrected chi connectivity index (χ1v) is 5.98. The maximum Gasteiger partial charge on any atom is 0.239 e. The number of phenolic OH excluding ortho intramolecular Hbond substituents is 1. The van der Waals surface area contributed by atoms with Crippen LogP contribution in [0.5, 0.6) is 5.75 Å². The molecule has 2 N–H and O–H groups in total. The predicted octanol–water partition coefficient (Wildman–Crippen LogP) is 0.283. The molecule has 5 nitrogen and oxygen atoms in total. The van der Waals surface area contributed by atoms with Crippen LogP contribution in [0.1, 0.15) is 12.0 Å². The fourth-order valence-corrected chi connectivity index (χ4v) is 1.95. The molecule has 0 radical (unpaired) electrons. The number of amides is 2. The second-order valence-electron chi connectivity index (χ2n) is 4.32. The van der Waals surface area contributed by atoms with E-state index < -0.39 is 0 Å². The molecule has 0 atom stereocenters. The molecule has 5 heteroatoms. The maximum absolute atomic E-state index is 12.1. The zero-order chi connectivity index (χ0) is 13.0. The normalized spacial score (nSPS) is 16.0. The highest BCUT2D eigenvalue weighted by Gasteiger charge is 2.20. The van der Waals surface area contributed by atoms with Crippen LogP contribution in [0.4, 0.5) is 0 Å². The van der Waals surface area contributed by atoms with Gasteiger partial charge in [0.2, 0.25) is 11.8 Å². The van der Waals surface area contributed by atoms with Gasteiger partial charge in [0.15, 0.2) is 0 Å². The number of nitrogens with zero attached hydrogens (tertiary/aromatic N) is 1. The lowest BCUT2D eigenvalue weighted by molar-refractivity contribution is -0.134. The third-order valence-electron chi connectivity index (χ3n) is 2.95. The van der Waals surface area contributed by atoms with Crippen molar-refractivity contribution in [3.8, 4) is 5.75 Å². The van der Waals surface area contributed by atoms with Gasteiger partial charge in [-0.1, -0.05) is 18.2 Å². The summed E-state index contributed by atoms with van der Waals surface area (Å²) in [6, 6.07) is 6.75. The number of benzene rings is 1. The molecule has 0 bridgehead atoms. The topological polar surface area (TPSA) is 69.6 Å². The first-order chi connectivity index (χ1) is 8.66. The number of carbonyl (C=O) groups excluding carboxylic acids is 2. The highest BCUT2D eigenvalue weighted by Crippen LogP contribution is 2.17. The zero-order valence-electron chi connectivity index (χ0n) is 10.1. The fourth-order valence-electron chi connectivity index (χ4n) is 1.95. The number of aromatic hydroxyl groups is 1. The lowest BCUT2D eigenvalue weighted by atomic mass is 10.1. The minimum Gasteiger partial charge on any atom is -0.508 e. The Bertz CT molecular complexity index is 459. The van der Waals surface area contributed by atoms with E-state index in [1.165, 1.54) is 4.90 Å². The molecule has 0 aromatic heterocycles. The van der Waals surface area contributed by atoms with Crippen molar-refractivity contribution in [1.29, 1.82) is 0 Å². The van der Waals surface area contributed by atoms with Crippen LogP contribution in [-0.2, 0) is 16.0 Å². The quantitative estimate of drug-likeness (QED) is 0.790. The second-order valence-corrected chi connectivity index (χ2v) is 4.32. The monoisotopic (exact) mass is 248 g/mol. The van der Waals surface area contributed by atoms with Gasteiger partial charge in [-0.05, 0) is 12.5 Å². The van der Waals surface area contributed by atoms with Crippen LogP contribution < -0.4 is 5.32 Å². The number of phenols is 1. The molecule has 1 fully saturated rings. The van der Waals surface area contributed by atoms with Crippen molar-refractivity contribution in [3.63, 3.8) is 0 Å². The standard InChI is InChI=1S/C13H16N2O3/c16-11-5-2-1-4-10(11)8-13(18)15-7-3-6-14-12(17)9-15/h1-2,4-5,16H,3,6-9H2,(H,14,17). The van der Waals surface area contributed by atoms with E-state index in [0.717, 1.165) is 6.42 Å². The van der Waals surface area contributed by atoms with Crippen molar-refractivity contribution in [2.24, 2.45) is 0 Å². The summed E-state index contributed by atoms with van der Waals surface area (Å²) in [6.07, 6.45) is 0.887. The van der Waals surface area contributed by atoms with Crippen molar-refractivity contribution in [2.75, 3.05) is 19.6 Å². The molecule has 0 spiro atoms.